The van der Waals surface area contributed by atoms with Crippen LogP contribution in [-0.4, -0.2) is 92.5 Å². The number of rotatable bonds is 8. The van der Waals surface area contributed by atoms with Gasteiger partial charge in [-0.15, -0.1) is 0 Å². The molecular formula is C29H47N7. The van der Waals surface area contributed by atoms with Crippen LogP contribution in [0.1, 0.15) is 75.9 Å². The van der Waals surface area contributed by atoms with Crippen molar-refractivity contribution in [1.29, 1.82) is 0 Å². The largest absolute Gasteiger partial charge is 0.349 e. The van der Waals surface area contributed by atoms with E-state index in [1.807, 2.05) is 24.8 Å². The van der Waals surface area contributed by atoms with Gasteiger partial charge < -0.3 is 19.8 Å². The molecule has 4 aliphatic rings. The monoisotopic (exact) mass is 493 g/mol. The number of aromatic nitrogens is 4. The van der Waals surface area contributed by atoms with Crippen LogP contribution in [0.4, 0.5) is 0 Å². The zero-order chi connectivity index (χ0) is 24.2. The SMILES string of the molecule is c1c[nH]c(CC(Cc2ncc[nH]2)N2CCC(CN3CCC4(CCN(C5CCCCC5)CC4)C3)CC2)n1. The number of nitrogens with one attached hydrogen (secondary N) is 2. The molecule has 4 fully saturated rings. The van der Waals surface area contributed by atoms with Crippen molar-refractivity contribution >= 4 is 0 Å². The molecular weight excluding hydrogens is 446 g/mol. The maximum atomic E-state index is 4.51. The van der Waals surface area contributed by atoms with E-state index in [2.05, 4.69) is 34.6 Å². The van der Waals surface area contributed by atoms with Crippen molar-refractivity contribution in [3.63, 3.8) is 0 Å². The topological polar surface area (TPSA) is 67.1 Å². The van der Waals surface area contributed by atoms with Crippen molar-refractivity contribution in [2.45, 2.75) is 89.1 Å². The lowest BCUT2D eigenvalue weighted by Gasteiger charge is -2.44. The van der Waals surface area contributed by atoms with Gasteiger partial charge >= 0.3 is 0 Å². The Morgan fingerprint density at radius 1 is 0.806 bits per heavy atom. The number of piperidine rings is 2. The molecule has 0 radical (unpaired) electrons. The highest BCUT2D eigenvalue weighted by molar-refractivity contribution is 4.99. The van der Waals surface area contributed by atoms with Crippen LogP contribution >= 0.6 is 0 Å². The summed E-state index contributed by atoms with van der Waals surface area (Å²) in [7, 11) is 0. The molecule has 0 unspecified atom stereocenters. The van der Waals surface area contributed by atoms with Gasteiger partial charge in [0.1, 0.15) is 11.6 Å². The highest BCUT2D eigenvalue weighted by Gasteiger charge is 2.42. The molecule has 3 aliphatic heterocycles. The van der Waals surface area contributed by atoms with E-state index in [0.717, 1.165) is 36.5 Å². The second-order valence-electron chi connectivity index (χ2n) is 12.4. The number of H-pyrrole nitrogens is 2. The van der Waals surface area contributed by atoms with Crippen molar-refractivity contribution in [2.75, 3.05) is 45.8 Å². The first-order valence-electron chi connectivity index (χ1n) is 14.9. The molecule has 0 bridgehead atoms. The molecule has 1 saturated carbocycles. The van der Waals surface area contributed by atoms with Gasteiger partial charge in [0.15, 0.2) is 0 Å². The molecule has 0 aromatic carbocycles. The number of likely N-dealkylation sites (tertiary alicyclic amines) is 3. The normalized spacial score (nSPS) is 25.4. The summed E-state index contributed by atoms with van der Waals surface area (Å²) >= 11 is 0. The van der Waals surface area contributed by atoms with Crippen LogP contribution in [0.2, 0.25) is 0 Å². The first kappa shape index (κ1) is 24.6. The van der Waals surface area contributed by atoms with Gasteiger partial charge in [-0.3, -0.25) is 4.90 Å². The maximum absolute atomic E-state index is 4.51. The second kappa shape index (κ2) is 11.4. The van der Waals surface area contributed by atoms with Crippen LogP contribution in [0, 0.1) is 11.3 Å². The van der Waals surface area contributed by atoms with Gasteiger partial charge in [0.2, 0.25) is 0 Å². The Labute approximate surface area is 217 Å². The highest BCUT2D eigenvalue weighted by Crippen LogP contribution is 2.42. The number of imidazole rings is 2. The number of nitrogens with zero attached hydrogens (tertiary/aromatic N) is 5. The molecule has 2 aromatic heterocycles. The van der Waals surface area contributed by atoms with Crippen molar-refractivity contribution in [2.24, 2.45) is 11.3 Å². The summed E-state index contributed by atoms with van der Waals surface area (Å²) in [6.45, 7) is 9.16. The van der Waals surface area contributed by atoms with Gasteiger partial charge in [-0.05, 0) is 89.0 Å². The molecule has 0 atom stereocenters. The molecule has 7 nitrogen and oxygen atoms in total. The van der Waals surface area contributed by atoms with E-state index in [4.69, 9.17) is 0 Å². The Kier molecular flexibility index (Phi) is 7.77. The number of hydrogen-bond donors (Lipinski definition) is 2. The summed E-state index contributed by atoms with van der Waals surface area (Å²) < 4.78 is 0. The average molecular weight is 494 g/mol. The lowest BCUT2D eigenvalue weighted by Crippen LogP contribution is -2.47. The number of aromatic amines is 2. The molecule has 1 spiro atoms. The van der Waals surface area contributed by atoms with Crippen LogP contribution in [0.3, 0.4) is 0 Å². The van der Waals surface area contributed by atoms with E-state index in [1.165, 1.54) is 110 Å². The van der Waals surface area contributed by atoms with Crippen LogP contribution < -0.4 is 0 Å². The van der Waals surface area contributed by atoms with Gasteiger partial charge in [-0.2, -0.15) is 0 Å². The third-order valence-electron chi connectivity index (χ3n) is 10.1. The lowest BCUT2D eigenvalue weighted by molar-refractivity contribution is 0.0585. The van der Waals surface area contributed by atoms with Crippen LogP contribution in [-0.2, 0) is 12.8 Å². The van der Waals surface area contributed by atoms with E-state index in [9.17, 15) is 0 Å². The fraction of sp³-hybridized carbons (Fsp3) is 0.793. The van der Waals surface area contributed by atoms with E-state index in [-0.39, 0.29) is 0 Å². The molecule has 7 heteroatoms. The van der Waals surface area contributed by atoms with E-state index < -0.39 is 0 Å². The maximum Gasteiger partial charge on any atom is 0.107 e. The predicted octanol–water partition coefficient (Wildman–Crippen LogP) is 4.12. The quantitative estimate of drug-likeness (QED) is 0.579. The fourth-order valence-electron chi connectivity index (χ4n) is 7.86. The lowest BCUT2D eigenvalue weighted by atomic mass is 9.77. The Bertz CT molecular complexity index is 852. The molecule has 2 aromatic rings. The van der Waals surface area contributed by atoms with E-state index in [0.29, 0.717) is 11.5 Å². The van der Waals surface area contributed by atoms with Gasteiger partial charge in [0, 0.05) is 62.8 Å². The molecule has 0 amide bonds. The first-order chi connectivity index (χ1) is 17.7. The summed E-state index contributed by atoms with van der Waals surface area (Å²) in [6.07, 6.45) is 23.8. The first-order valence-corrected chi connectivity index (χ1v) is 14.9. The Morgan fingerprint density at radius 2 is 1.44 bits per heavy atom. The molecule has 3 saturated heterocycles. The van der Waals surface area contributed by atoms with E-state index >= 15 is 0 Å². The smallest absolute Gasteiger partial charge is 0.107 e. The van der Waals surface area contributed by atoms with Crippen molar-refractivity contribution < 1.29 is 0 Å². The molecule has 5 heterocycles. The molecule has 6 rings (SSSR count). The van der Waals surface area contributed by atoms with Crippen LogP contribution in [0.5, 0.6) is 0 Å². The third kappa shape index (κ3) is 5.89. The predicted molar refractivity (Wildman–Crippen MR) is 144 cm³/mol. The van der Waals surface area contributed by atoms with Gasteiger partial charge in [-0.25, -0.2) is 9.97 Å². The van der Waals surface area contributed by atoms with Gasteiger partial charge in [0.05, 0.1) is 0 Å². The second-order valence-corrected chi connectivity index (χ2v) is 12.4. The zero-order valence-electron chi connectivity index (χ0n) is 22.2. The van der Waals surface area contributed by atoms with Crippen molar-refractivity contribution in [3.8, 4) is 0 Å². The van der Waals surface area contributed by atoms with Crippen LogP contribution in [0.15, 0.2) is 24.8 Å². The van der Waals surface area contributed by atoms with Gasteiger partial charge in [0.25, 0.3) is 0 Å². The summed E-state index contributed by atoms with van der Waals surface area (Å²) in [4.78, 5) is 24.1. The van der Waals surface area contributed by atoms with Crippen molar-refractivity contribution in [1.82, 2.24) is 34.6 Å². The molecule has 1 aliphatic carbocycles. The molecule has 2 N–H and O–H groups in total. The standard InChI is InChI=1S/C29H47N7/c1-2-4-25(5-3-1)36-18-9-29(10-19-36)8-17-34(23-29)22-24-6-15-35(16-7-24)26(20-27-30-11-12-31-27)21-28-32-13-14-33-28/h11-14,24-26H,1-10,15-23H2,(H,30,31)(H,32,33). The Balaban J connectivity index is 0.968. The average Bonchev–Trinajstić information content (AvgIpc) is 3.69. The Morgan fingerprint density at radius 3 is 2.06 bits per heavy atom. The molecule has 198 valence electrons. The summed E-state index contributed by atoms with van der Waals surface area (Å²) in [6, 6.07) is 1.36. The Hall–Kier alpha value is -1.70. The number of hydrogen-bond acceptors (Lipinski definition) is 5. The minimum Gasteiger partial charge on any atom is -0.349 e. The van der Waals surface area contributed by atoms with Crippen molar-refractivity contribution in [3.05, 3.63) is 36.4 Å². The van der Waals surface area contributed by atoms with Gasteiger partial charge in [-0.1, -0.05) is 19.3 Å². The minimum atomic E-state index is 0.452. The fourth-order valence-corrected chi connectivity index (χ4v) is 7.86. The minimum absolute atomic E-state index is 0.452. The third-order valence-corrected chi connectivity index (χ3v) is 10.1. The summed E-state index contributed by atoms with van der Waals surface area (Å²) in [5, 5.41) is 0. The van der Waals surface area contributed by atoms with E-state index in [1.54, 1.807) is 0 Å². The van der Waals surface area contributed by atoms with Crippen LogP contribution in [0.25, 0.3) is 0 Å². The highest BCUT2D eigenvalue weighted by atomic mass is 15.2. The summed E-state index contributed by atoms with van der Waals surface area (Å²) in [5.41, 5.74) is 0.628. The molecule has 36 heavy (non-hydrogen) atoms. The summed E-state index contributed by atoms with van der Waals surface area (Å²) in [5.74, 6) is 3.03. The zero-order valence-corrected chi connectivity index (χ0v) is 22.2.